The van der Waals surface area contributed by atoms with Gasteiger partial charge in [0.25, 0.3) is 5.91 Å². The maximum Gasteiger partial charge on any atom is 0.338 e. The fraction of sp³-hybridized carbons (Fsp3) is 0.304. The molecular weight excluding hydrogens is 380 g/mol. The first-order valence-corrected chi connectivity index (χ1v) is 9.89. The van der Waals surface area contributed by atoms with Crippen LogP contribution in [0.2, 0.25) is 0 Å². The Kier molecular flexibility index (Phi) is 6.95. The van der Waals surface area contributed by atoms with Crippen LogP contribution in [0.3, 0.4) is 0 Å². The van der Waals surface area contributed by atoms with Crippen LogP contribution in [0.5, 0.6) is 0 Å². The molecule has 0 unspecified atom stereocenters. The second-order valence-electron chi connectivity index (χ2n) is 7.13. The van der Waals surface area contributed by atoms with E-state index in [9.17, 15) is 9.59 Å². The van der Waals surface area contributed by atoms with Crippen LogP contribution in [-0.2, 0) is 9.53 Å². The molecule has 1 aromatic heterocycles. The summed E-state index contributed by atoms with van der Waals surface area (Å²) in [6.07, 6.45) is 0.785. The Labute approximate surface area is 176 Å². The van der Waals surface area contributed by atoms with Crippen LogP contribution < -0.4 is 10.2 Å². The molecule has 0 aliphatic carbocycles. The lowest BCUT2D eigenvalue weighted by Gasteiger charge is -2.19. The van der Waals surface area contributed by atoms with Crippen molar-refractivity contribution in [2.75, 3.05) is 31.6 Å². The summed E-state index contributed by atoms with van der Waals surface area (Å²) >= 11 is 0. The number of hydrogen-bond donors (Lipinski definition) is 1. The van der Waals surface area contributed by atoms with E-state index in [1.165, 1.54) is 0 Å². The predicted octanol–water partition coefficient (Wildman–Crippen LogP) is 3.05. The third kappa shape index (κ3) is 5.53. The van der Waals surface area contributed by atoms with Gasteiger partial charge in [0, 0.05) is 25.8 Å². The minimum absolute atomic E-state index is 0.315. The van der Waals surface area contributed by atoms with Crippen molar-refractivity contribution in [3.8, 4) is 0 Å². The number of benzene rings is 2. The molecule has 30 heavy (non-hydrogen) atoms. The largest absolute Gasteiger partial charge is 0.452 e. The summed E-state index contributed by atoms with van der Waals surface area (Å²) in [6, 6.07) is 15.0. The number of carbonyl (C=O) groups is 2. The maximum absolute atomic E-state index is 12.3. The number of fused-ring (bicyclic) bond motifs is 1. The molecule has 0 saturated carbocycles. The van der Waals surface area contributed by atoms with Gasteiger partial charge in [-0.05, 0) is 50.6 Å². The van der Waals surface area contributed by atoms with Crippen LogP contribution in [0.15, 0.2) is 48.5 Å². The maximum atomic E-state index is 12.3. The minimum atomic E-state index is -0.559. The number of hydrogen-bond acceptors (Lipinski definition) is 6. The van der Waals surface area contributed by atoms with E-state index < -0.39 is 5.97 Å². The van der Waals surface area contributed by atoms with Crippen LogP contribution in [0.1, 0.15) is 28.2 Å². The zero-order valence-electron chi connectivity index (χ0n) is 17.5. The first-order chi connectivity index (χ1) is 14.4. The van der Waals surface area contributed by atoms with E-state index in [0.717, 1.165) is 30.0 Å². The zero-order valence-corrected chi connectivity index (χ0v) is 17.5. The second-order valence-corrected chi connectivity index (χ2v) is 7.13. The normalized spacial score (nSPS) is 10.6. The molecule has 0 atom stereocenters. The van der Waals surface area contributed by atoms with Gasteiger partial charge in [-0.3, -0.25) is 4.79 Å². The van der Waals surface area contributed by atoms with Crippen molar-refractivity contribution >= 4 is 28.6 Å². The van der Waals surface area contributed by atoms with Crippen molar-refractivity contribution in [1.29, 1.82) is 0 Å². The monoisotopic (exact) mass is 406 g/mol. The van der Waals surface area contributed by atoms with Gasteiger partial charge in [-0.2, -0.15) is 0 Å². The second kappa shape index (κ2) is 9.82. The lowest BCUT2D eigenvalue weighted by atomic mass is 10.2. The van der Waals surface area contributed by atoms with E-state index in [2.05, 4.69) is 20.2 Å². The molecular formula is C23H26N4O3. The van der Waals surface area contributed by atoms with E-state index in [4.69, 9.17) is 4.74 Å². The molecule has 156 valence electrons. The van der Waals surface area contributed by atoms with E-state index in [1.807, 2.05) is 51.2 Å². The highest BCUT2D eigenvalue weighted by atomic mass is 16.5. The molecule has 0 radical (unpaired) electrons. The van der Waals surface area contributed by atoms with E-state index >= 15 is 0 Å². The highest BCUT2D eigenvalue weighted by molar-refractivity contribution is 5.94. The fourth-order valence-electron chi connectivity index (χ4n) is 2.98. The van der Waals surface area contributed by atoms with E-state index in [1.54, 1.807) is 18.2 Å². The average molecular weight is 406 g/mol. The molecule has 7 heteroatoms. The van der Waals surface area contributed by atoms with Gasteiger partial charge in [0.05, 0.1) is 28.0 Å². The Morgan fingerprint density at radius 2 is 1.70 bits per heavy atom. The summed E-state index contributed by atoms with van der Waals surface area (Å²) in [5.41, 5.74) is 4.47. The van der Waals surface area contributed by atoms with Gasteiger partial charge in [-0.15, -0.1) is 0 Å². The molecule has 3 rings (SSSR count). The van der Waals surface area contributed by atoms with Crippen molar-refractivity contribution < 1.29 is 14.3 Å². The Morgan fingerprint density at radius 1 is 1.00 bits per heavy atom. The average Bonchev–Trinajstić information content (AvgIpc) is 2.76. The quantitative estimate of drug-likeness (QED) is 0.457. The zero-order chi connectivity index (χ0) is 21.5. The Balaban J connectivity index is 1.42. The van der Waals surface area contributed by atoms with Gasteiger partial charge >= 0.3 is 5.97 Å². The van der Waals surface area contributed by atoms with E-state index in [0.29, 0.717) is 23.1 Å². The molecule has 1 amide bonds. The molecule has 2 aromatic carbocycles. The number of aromatic nitrogens is 2. The Morgan fingerprint density at radius 3 is 2.43 bits per heavy atom. The summed E-state index contributed by atoms with van der Waals surface area (Å²) < 4.78 is 5.13. The number of aryl methyl sites for hydroxylation is 2. The lowest BCUT2D eigenvalue weighted by molar-refractivity contribution is -0.124. The molecule has 0 aliphatic rings. The fourth-order valence-corrected chi connectivity index (χ4v) is 2.98. The molecule has 0 fully saturated rings. The summed E-state index contributed by atoms with van der Waals surface area (Å²) in [7, 11) is 2.01. The lowest BCUT2D eigenvalue weighted by Crippen LogP contribution is -2.31. The highest BCUT2D eigenvalue weighted by Gasteiger charge is 2.12. The number of carbonyl (C=O) groups excluding carboxylic acids is 2. The molecule has 3 aromatic rings. The molecule has 1 N–H and O–H groups in total. The SMILES string of the molecule is Cc1nc2ccc(C(=O)OCC(=O)NCCCN(C)c3ccccc3)cc2nc1C. The topological polar surface area (TPSA) is 84.4 Å². The summed E-state index contributed by atoms with van der Waals surface area (Å²) in [6.45, 7) is 4.76. The number of amides is 1. The Bertz CT molecular complexity index is 1040. The summed E-state index contributed by atoms with van der Waals surface area (Å²) in [5, 5.41) is 2.77. The third-order valence-electron chi connectivity index (χ3n) is 4.83. The molecule has 0 aliphatic heterocycles. The van der Waals surface area contributed by atoms with Crippen molar-refractivity contribution in [2.24, 2.45) is 0 Å². The van der Waals surface area contributed by atoms with Crippen LogP contribution in [-0.4, -0.2) is 48.6 Å². The van der Waals surface area contributed by atoms with Crippen molar-refractivity contribution in [1.82, 2.24) is 15.3 Å². The highest BCUT2D eigenvalue weighted by Crippen LogP contribution is 2.15. The van der Waals surface area contributed by atoms with Gasteiger partial charge < -0.3 is 15.0 Å². The van der Waals surface area contributed by atoms with Crippen molar-refractivity contribution in [3.05, 3.63) is 65.5 Å². The smallest absolute Gasteiger partial charge is 0.338 e. The Hall–Kier alpha value is -3.48. The number of para-hydroxylation sites is 1. The molecule has 7 nitrogen and oxygen atoms in total. The number of ether oxygens (including phenoxy) is 1. The predicted molar refractivity (Wildman–Crippen MR) is 117 cm³/mol. The standard InChI is InChI=1S/C23H26N4O3/c1-16-17(2)26-21-14-18(10-11-20(21)25-16)23(29)30-15-22(28)24-12-7-13-27(3)19-8-5-4-6-9-19/h4-6,8-11,14H,7,12-13,15H2,1-3H3,(H,24,28). The van der Waals surface area contributed by atoms with Crippen molar-refractivity contribution in [3.63, 3.8) is 0 Å². The third-order valence-corrected chi connectivity index (χ3v) is 4.83. The van der Waals surface area contributed by atoms with Gasteiger partial charge in [-0.25, -0.2) is 14.8 Å². The summed E-state index contributed by atoms with van der Waals surface area (Å²) in [5.74, 6) is -0.881. The van der Waals surface area contributed by atoms with Crippen LogP contribution in [0.25, 0.3) is 11.0 Å². The van der Waals surface area contributed by atoms with Crippen LogP contribution in [0, 0.1) is 13.8 Å². The first-order valence-electron chi connectivity index (χ1n) is 9.89. The van der Waals surface area contributed by atoms with Gasteiger partial charge in [0.15, 0.2) is 6.61 Å². The molecule has 0 spiro atoms. The number of anilines is 1. The van der Waals surface area contributed by atoms with Gasteiger partial charge in [-0.1, -0.05) is 18.2 Å². The number of rotatable bonds is 8. The molecule has 0 bridgehead atoms. The van der Waals surface area contributed by atoms with E-state index in [-0.39, 0.29) is 12.5 Å². The van der Waals surface area contributed by atoms with Crippen LogP contribution in [0.4, 0.5) is 5.69 Å². The first kappa shape index (κ1) is 21.2. The number of nitrogens with zero attached hydrogens (tertiary/aromatic N) is 3. The molecule has 1 heterocycles. The number of nitrogens with one attached hydrogen (secondary N) is 1. The van der Waals surface area contributed by atoms with Crippen LogP contribution >= 0.6 is 0 Å². The molecule has 0 saturated heterocycles. The summed E-state index contributed by atoms with van der Waals surface area (Å²) in [4.78, 5) is 35.2. The van der Waals surface area contributed by atoms with Gasteiger partial charge in [0.2, 0.25) is 0 Å². The van der Waals surface area contributed by atoms with Gasteiger partial charge in [0.1, 0.15) is 0 Å². The van der Waals surface area contributed by atoms with Crippen molar-refractivity contribution in [2.45, 2.75) is 20.3 Å². The minimum Gasteiger partial charge on any atom is -0.452 e. The number of esters is 1.